The number of nitrogens with zero attached hydrogens (tertiary/aromatic N) is 1. The first-order valence-electron chi connectivity index (χ1n) is 5.72. The Labute approximate surface area is 90.2 Å². The van der Waals surface area contributed by atoms with Crippen LogP contribution in [-0.4, -0.2) is 47.3 Å². The van der Waals surface area contributed by atoms with E-state index in [0.29, 0.717) is 12.6 Å². The van der Waals surface area contributed by atoms with Gasteiger partial charge in [-0.15, -0.1) is 0 Å². The lowest BCUT2D eigenvalue weighted by Gasteiger charge is -2.44. The fourth-order valence-corrected chi connectivity index (χ4v) is 2.72. The van der Waals surface area contributed by atoms with Crippen LogP contribution in [0.1, 0.15) is 32.6 Å². The Kier molecular flexibility index (Phi) is 2.98. The van der Waals surface area contributed by atoms with E-state index in [2.05, 4.69) is 4.90 Å². The van der Waals surface area contributed by atoms with Crippen molar-refractivity contribution in [3.05, 3.63) is 0 Å². The number of hydrogen-bond donors (Lipinski definition) is 1. The van der Waals surface area contributed by atoms with Crippen LogP contribution in [0.5, 0.6) is 0 Å². The Morgan fingerprint density at radius 1 is 1.53 bits per heavy atom. The van der Waals surface area contributed by atoms with Gasteiger partial charge in [-0.2, -0.15) is 0 Å². The van der Waals surface area contributed by atoms with E-state index in [-0.39, 0.29) is 0 Å². The van der Waals surface area contributed by atoms with Gasteiger partial charge in [0.1, 0.15) is 5.54 Å². The maximum Gasteiger partial charge on any atom is 0.323 e. The van der Waals surface area contributed by atoms with Crippen LogP contribution in [0.3, 0.4) is 0 Å². The first-order chi connectivity index (χ1) is 7.14. The van der Waals surface area contributed by atoms with Crippen molar-refractivity contribution in [2.24, 2.45) is 0 Å². The third-order valence-corrected chi connectivity index (χ3v) is 3.75. The number of carbonyl (C=O) groups is 1. The summed E-state index contributed by atoms with van der Waals surface area (Å²) in [5, 5.41) is 9.35. The standard InChI is InChI=1S/C11H19NO3/c1-11(10(13)14)5-2-3-6-12(11)9-4-7-15-8-9/h9H,2-8H2,1H3,(H,13,14). The molecule has 0 aromatic heterocycles. The molecule has 0 saturated carbocycles. The van der Waals surface area contributed by atoms with E-state index in [1.807, 2.05) is 6.92 Å². The number of carboxylic acid groups (broad SMARTS) is 1. The molecule has 2 atom stereocenters. The summed E-state index contributed by atoms with van der Waals surface area (Å²) in [5.41, 5.74) is -0.670. The van der Waals surface area contributed by atoms with Gasteiger partial charge in [-0.1, -0.05) is 0 Å². The number of ether oxygens (including phenoxy) is 1. The number of carboxylic acids is 1. The molecule has 0 aliphatic carbocycles. The fourth-order valence-electron chi connectivity index (χ4n) is 2.72. The third-order valence-electron chi connectivity index (χ3n) is 3.75. The highest BCUT2D eigenvalue weighted by molar-refractivity contribution is 5.78. The van der Waals surface area contributed by atoms with Gasteiger partial charge >= 0.3 is 5.97 Å². The van der Waals surface area contributed by atoms with Crippen molar-refractivity contribution in [3.63, 3.8) is 0 Å². The van der Waals surface area contributed by atoms with Crippen LogP contribution in [0.4, 0.5) is 0 Å². The molecule has 86 valence electrons. The van der Waals surface area contributed by atoms with Gasteiger partial charge in [0.2, 0.25) is 0 Å². The number of rotatable bonds is 2. The summed E-state index contributed by atoms with van der Waals surface area (Å²) in [6.07, 6.45) is 3.87. The summed E-state index contributed by atoms with van der Waals surface area (Å²) in [6.45, 7) is 4.23. The SMILES string of the molecule is CC1(C(=O)O)CCCCN1C1CCOC1. The van der Waals surface area contributed by atoms with E-state index >= 15 is 0 Å². The lowest BCUT2D eigenvalue weighted by Crippen LogP contribution is -2.59. The molecule has 2 fully saturated rings. The molecule has 2 aliphatic heterocycles. The lowest BCUT2D eigenvalue weighted by molar-refractivity contribution is -0.155. The van der Waals surface area contributed by atoms with Crippen LogP contribution in [0.2, 0.25) is 0 Å². The van der Waals surface area contributed by atoms with Crippen LogP contribution >= 0.6 is 0 Å². The summed E-state index contributed by atoms with van der Waals surface area (Å²) < 4.78 is 5.35. The Balaban J connectivity index is 2.14. The Hall–Kier alpha value is -0.610. The van der Waals surface area contributed by atoms with Gasteiger partial charge in [-0.25, -0.2) is 0 Å². The van der Waals surface area contributed by atoms with Crippen molar-refractivity contribution in [1.29, 1.82) is 0 Å². The molecule has 0 radical (unpaired) electrons. The highest BCUT2D eigenvalue weighted by Gasteiger charge is 2.45. The summed E-state index contributed by atoms with van der Waals surface area (Å²) in [7, 11) is 0. The summed E-state index contributed by atoms with van der Waals surface area (Å²) in [5.74, 6) is -0.686. The molecule has 0 spiro atoms. The van der Waals surface area contributed by atoms with Crippen LogP contribution in [0, 0.1) is 0 Å². The van der Waals surface area contributed by atoms with Crippen molar-refractivity contribution in [2.45, 2.75) is 44.2 Å². The van der Waals surface area contributed by atoms with E-state index < -0.39 is 11.5 Å². The molecule has 0 bridgehead atoms. The molecule has 1 N–H and O–H groups in total. The molecule has 0 amide bonds. The normalized spacial score (nSPS) is 38.1. The molecule has 0 aromatic rings. The van der Waals surface area contributed by atoms with E-state index in [1.165, 1.54) is 0 Å². The van der Waals surface area contributed by atoms with Crippen LogP contribution in [0.25, 0.3) is 0 Å². The van der Waals surface area contributed by atoms with Crippen molar-refractivity contribution in [1.82, 2.24) is 4.90 Å². The van der Waals surface area contributed by atoms with Crippen molar-refractivity contribution in [2.75, 3.05) is 19.8 Å². The number of hydrogen-bond acceptors (Lipinski definition) is 3. The summed E-state index contributed by atoms with van der Waals surface area (Å²) in [6, 6.07) is 0.311. The first-order valence-corrected chi connectivity index (χ1v) is 5.72. The second-order valence-electron chi connectivity index (χ2n) is 4.75. The van der Waals surface area contributed by atoms with E-state index in [9.17, 15) is 9.90 Å². The molecule has 15 heavy (non-hydrogen) atoms. The molecule has 2 heterocycles. The average molecular weight is 213 g/mol. The molecule has 4 heteroatoms. The van der Waals surface area contributed by atoms with Crippen molar-refractivity contribution >= 4 is 5.97 Å². The minimum Gasteiger partial charge on any atom is -0.480 e. The molecule has 2 aliphatic rings. The second-order valence-corrected chi connectivity index (χ2v) is 4.75. The minimum atomic E-state index is -0.686. The molecule has 4 nitrogen and oxygen atoms in total. The summed E-state index contributed by atoms with van der Waals surface area (Å²) >= 11 is 0. The summed E-state index contributed by atoms with van der Waals surface area (Å²) in [4.78, 5) is 13.5. The van der Waals surface area contributed by atoms with E-state index in [0.717, 1.165) is 38.8 Å². The highest BCUT2D eigenvalue weighted by Crippen LogP contribution is 2.32. The zero-order valence-electron chi connectivity index (χ0n) is 9.24. The zero-order chi connectivity index (χ0) is 10.9. The quantitative estimate of drug-likeness (QED) is 0.746. The van der Waals surface area contributed by atoms with Crippen LogP contribution in [-0.2, 0) is 9.53 Å². The molecular weight excluding hydrogens is 194 g/mol. The third kappa shape index (κ3) is 1.88. The van der Waals surface area contributed by atoms with Gasteiger partial charge < -0.3 is 9.84 Å². The Bertz CT molecular complexity index is 250. The van der Waals surface area contributed by atoms with Gasteiger partial charge in [0, 0.05) is 12.6 Å². The minimum absolute atomic E-state index is 0.311. The largest absolute Gasteiger partial charge is 0.480 e. The van der Waals surface area contributed by atoms with Gasteiger partial charge in [0.05, 0.1) is 6.61 Å². The van der Waals surface area contributed by atoms with Crippen molar-refractivity contribution < 1.29 is 14.6 Å². The van der Waals surface area contributed by atoms with Gasteiger partial charge in [-0.3, -0.25) is 9.69 Å². The monoisotopic (exact) mass is 213 g/mol. The Morgan fingerprint density at radius 2 is 2.33 bits per heavy atom. The molecule has 0 aromatic carbocycles. The number of aliphatic carboxylic acids is 1. The van der Waals surface area contributed by atoms with E-state index in [1.54, 1.807) is 0 Å². The van der Waals surface area contributed by atoms with Crippen molar-refractivity contribution in [3.8, 4) is 0 Å². The smallest absolute Gasteiger partial charge is 0.323 e. The van der Waals surface area contributed by atoms with Crippen LogP contribution < -0.4 is 0 Å². The second kappa shape index (κ2) is 4.10. The topological polar surface area (TPSA) is 49.8 Å². The predicted molar refractivity (Wildman–Crippen MR) is 55.8 cm³/mol. The van der Waals surface area contributed by atoms with Crippen LogP contribution in [0.15, 0.2) is 0 Å². The predicted octanol–water partition coefficient (Wildman–Crippen LogP) is 1.10. The fraction of sp³-hybridized carbons (Fsp3) is 0.909. The van der Waals surface area contributed by atoms with Gasteiger partial charge in [-0.05, 0) is 39.2 Å². The Morgan fingerprint density at radius 3 is 2.93 bits per heavy atom. The average Bonchev–Trinajstić information content (AvgIpc) is 2.71. The van der Waals surface area contributed by atoms with Gasteiger partial charge in [0.25, 0.3) is 0 Å². The highest BCUT2D eigenvalue weighted by atomic mass is 16.5. The van der Waals surface area contributed by atoms with E-state index in [4.69, 9.17) is 4.74 Å². The maximum absolute atomic E-state index is 11.4. The maximum atomic E-state index is 11.4. The number of likely N-dealkylation sites (tertiary alicyclic amines) is 1. The van der Waals surface area contributed by atoms with Gasteiger partial charge in [0.15, 0.2) is 0 Å². The molecule has 2 unspecified atom stereocenters. The molecule has 2 saturated heterocycles. The zero-order valence-corrected chi connectivity index (χ0v) is 9.24. The molecule has 2 rings (SSSR count). The number of piperidine rings is 1. The lowest BCUT2D eigenvalue weighted by atomic mass is 9.87. The first kappa shape index (κ1) is 10.9. The molecular formula is C11H19NO3.